The molecule has 2 aromatic carbocycles. The van der Waals surface area contributed by atoms with Crippen LogP contribution < -0.4 is 5.69 Å². The number of rotatable bonds is 4. The highest BCUT2D eigenvalue weighted by molar-refractivity contribution is 5.79. The van der Waals surface area contributed by atoms with E-state index in [9.17, 15) is 4.79 Å². The molecule has 4 aromatic rings. The number of imidazole rings is 1. The van der Waals surface area contributed by atoms with Gasteiger partial charge in [-0.05, 0) is 37.9 Å². The van der Waals surface area contributed by atoms with Crippen LogP contribution in [0.25, 0.3) is 22.4 Å². The van der Waals surface area contributed by atoms with Crippen LogP contribution >= 0.6 is 0 Å². The van der Waals surface area contributed by atoms with E-state index < -0.39 is 0 Å². The molecule has 0 bridgehead atoms. The van der Waals surface area contributed by atoms with Crippen molar-refractivity contribution in [3.05, 3.63) is 70.5 Å². The van der Waals surface area contributed by atoms with Crippen LogP contribution in [0.4, 0.5) is 0 Å². The molecule has 0 aliphatic heterocycles. The van der Waals surface area contributed by atoms with Gasteiger partial charge in [-0.25, -0.2) is 4.79 Å². The van der Waals surface area contributed by atoms with Crippen LogP contribution in [0.3, 0.4) is 0 Å². The minimum Gasteiger partial charge on any atom is -0.337 e. The first-order chi connectivity index (χ1) is 12.1. The van der Waals surface area contributed by atoms with Crippen molar-refractivity contribution in [1.29, 1.82) is 0 Å². The molecule has 0 aliphatic carbocycles. The Bertz CT molecular complexity index is 1060. The summed E-state index contributed by atoms with van der Waals surface area (Å²) in [6.07, 6.45) is 0. The Morgan fingerprint density at radius 1 is 1.04 bits per heavy atom. The number of fused-ring (bicyclic) bond motifs is 1. The van der Waals surface area contributed by atoms with Gasteiger partial charge in [0.2, 0.25) is 11.7 Å². The van der Waals surface area contributed by atoms with Crippen LogP contribution in [0.5, 0.6) is 0 Å². The minimum atomic E-state index is -0.238. The van der Waals surface area contributed by atoms with Crippen molar-refractivity contribution in [2.75, 3.05) is 14.1 Å². The molecule has 0 spiro atoms. The van der Waals surface area contributed by atoms with Crippen LogP contribution in [-0.4, -0.2) is 39.1 Å². The Hall–Kier alpha value is -3.19. The molecule has 2 N–H and O–H groups in total. The molecule has 7 heteroatoms. The molecular formula is C18H17N5O2. The second kappa shape index (κ2) is 6.03. The van der Waals surface area contributed by atoms with Crippen LogP contribution in [-0.2, 0) is 0 Å². The lowest BCUT2D eigenvalue weighted by Gasteiger charge is -2.20. The average Bonchev–Trinajstić information content (AvgIpc) is 3.20. The summed E-state index contributed by atoms with van der Waals surface area (Å²) in [6.45, 7) is 0. The maximum Gasteiger partial charge on any atom is 0.323 e. The highest BCUT2D eigenvalue weighted by atomic mass is 16.5. The lowest BCUT2D eigenvalue weighted by molar-refractivity contribution is 0.261. The van der Waals surface area contributed by atoms with Crippen LogP contribution in [0.15, 0.2) is 57.8 Å². The van der Waals surface area contributed by atoms with Crippen molar-refractivity contribution in [3.63, 3.8) is 0 Å². The molecule has 7 nitrogen and oxygen atoms in total. The lowest BCUT2D eigenvalue weighted by Crippen LogP contribution is -2.21. The van der Waals surface area contributed by atoms with E-state index >= 15 is 0 Å². The number of aromatic amines is 2. The van der Waals surface area contributed by atoms with Crippen LogP contribution in [0, 0.1) is 0 Å². The normalized spacial score (nSPS) is 12.8. The van der Waals surface area contributed by atoms with Gasteiger partial charge in [0.05, 0.1) is 11.0 Å². The number of nitrogens with one attached hydrogen (secondary N) is 2. The summed E-state index contributed by atoms with van der Waals surface area (Å²) in [6, 6.07) is 15.4. The standard InChI is InChI=1S/C18H17N5O2/c1-23(2)15(11-6-4-3-5-7-11)17-21-16(22-25-17)12-8-9-13-14(10-12)20-18(24)19-13/h3-10,15H,1-2H3,(H2,19,20,24). The van der Waals surface area contributed by atoms with Gasteiger partial charge in [-0.15, -0.1) is 0 Å². The molecule has 0 radical (unpaired) electrons. The van der Waals surface area contributed by atoms with Crippen LogP contribution in [0.2, 0.25) is 0 Å². The smallest absolute Gasteiger partial charge is 0.323 e. The van der Waals surface area contributed by atoms with Crippen molar-refractivity contribution < 1.29 is 4.52 Å². The van der Waals surface area contributed by atoms with Gasteiger partial charge in [-0.2, -0.15) is 4.98 Å². The Balaban J connectivity index is 1.73. The number of hydrogen-bond donors (Lipinski definition) is 2. The van der Waals surface area contributed by atoms with E-state index in [1.165, 1.54) is 0 Å². The molecule has 1 atom stereocenters. The molecule has 2 heterocycles. The van der Waals surface area contributed by atoms with E-state index in [-0.39, 0.29) is 11.7 Å². The summed E-state index contributed by atoms with van der Waals surface area (Å²) in [5.41, 5.74) is 3.07. The fourth-order valence-electron chi connectivity index (χ4n) is 2.93. The largest absolute Gasteiger partial charge is 0.337 e. The van der Waals surface area contributed by atoms with Crippen molar-refractivity contribution in [1.82, 2.24) is 25.0 Å². The summed E-state index contributed by atoms with van der Waals surface area (Å²) >= 11 is 0. The molecule has 0 saturated heterocycles. The van der Waals surface area contributed by atoms with Crippen molar-refractivity contribution in [3.8, 4) is 11.4 Å². The van der Waals surface area contributed by atoms with Gasteiger partial charge in [0, 0.05) is 5.56 Å². The van der Waals surface area contributed by atoms with E-state index in [1.54, 1.807) is 0 Å². The number of nitrogens with zero attached hydrogens (tertiary/aromatic N) is 3. The Morgan fingerprint density at radius 3 is 2.56 bits per heavy atom. The molecule has 2 aromatic heterocycles. The second-order valence-electron chi connectivity index (χ2n) is 6.07. The summed E-state index contributed by atoms with van der Waals surface area (Å²) in [5, 5.41) is 4.11. The monoisotopic (exact) mass is 335 g/mol. The zero-order chi connectivity index (χ0) is 17.4. The van der Waals surface area contributed by atoms with Crippen LogP contribution in [0.1, 0.15) is 17.5 Å². The first-order valence-electron chi connectivity index (χ1n) is 7.89. The molecule has 0 saturated carbocycles. The van der Waals surface area contributed by atoms with E-state index in [2.05, 4.69) is 20.1 Å². The maximum absolute atomic E-state index is 11.4. The fourth-order valence-corrected chi connectivity index (χ4v) is 2.93. The van der Waals surface area contributed by atoms with Gasteiger partial charge < -0.3 is 14.5 Å². The Labute approximate surface area is 143 Å². The first kappa shape index (κ1) is 15.3. The van der Waals surface area contributed by atoms with Crippen molar-refractivity contribution in [2.45, 2.75) is 6.04 Å². The Morgan fingerprint density at radius 2 is 1.80 bits per heavy atom. The highest BCUT2D eigenvalue weighted by Crippen LogP contribution is 2.27. The van der Waals surface area contributed by atoms with Crippen molar-refractivity contribution in [2.24, 2.45) is 0 Å². The molecule has 0 amide bonds. The van der Waals surface area contributed by atoms with Gasteiger partial charge in [0.25, 0.3) is 0 Å². The number of H-pyrrole nitrogens is 2. The molecule has 126 valence electrons. The molecule has 1 unspecified atom stereocenters. The van der Waals surface area contributed by atoms with E-state index in [4.69, 9.17) is 4.52 Å². The van der Waals surface area contributed by atoms with Crippen molar-refractivity contribution >= 4 is 11.0 Å². The summed E-state index contributed by atoms with van der Waals surface area (Å²) in [7, 11) is 3.94. The topological polar surface area (TPSA) is 90.8 Å². The summed E-state index contributed by atoms with van der Waals surface area (Å²) in [4.78, 5) is 23.4. The quantitative estimate of drug-likeness (QED) is 0.598. The van der Waals surface area contributed by atoms with Gasteiger partial charge >= 0.3 is 5.69 Å². The van der Waals surface area contributed by atoms with E-state index in [0.29, 0.717) is 17.2 Å². The fraction of sp³-hybridized carbons (Fsp3) is 0.167. The SMILES string of the molecule is CN(C)C(c1ccccc1)c1nc(-c2ccc3[nH]c(=O)[nH]c3c2)no1. The lowest BCUT2D eigenvalue weighted by atomic mass is 10.1. The molecule has 4 rings (SSSR count). The third-order valence-corrected chi connectivity index (χ3v) is 4.08. The third-order valence-electron chi connectivity index (χ3n) is 4.08. The minimum absolute atomic E-state index is 0.127. The molecule has 25 heavy (non-hydrogen) atoms. The number of aromatic nitrogens is 4. The van der Waals surface area contributed by atoms with E-state index in [1.807, 2.05) is 67.5 Å². The predicted octanol–water partition coefficient (Wildman–Crippen LogP) is 2.56. The first-order valence-corrected chi connectivity index (χ1v) is 7.89. The highest BCUT2D eigenvalue weighted by Gasteiger charge is 2.23. The van der Waals surface area contributed by atoms with Gasteiger partial charge in [0.1, 0.15) is 6.04 Å². The summed E-state index contributed by atoms with van der Waals surface area (Å²) < 4.78 is 5.53. The third kappa shape index (κ3) is 2.85. The number of hydrogen-bond acceptors (Lipinski definition) is 5. The average molecular weight is 335 g/mol. The zero-order valence-corrected chi connectivity index (χ0v) is 13.9. The Kier molecular flexibility index (Phi) is 3.70. The predicted molar refractivity (Wildman–Crippen MR) is 94.2 cm³/mol. The molecule has 0 fully saturated rings. The van der Waals surface area contributed by atoms with E-state index in [0.717, 1.165) is 16.6 Å². The maximum atomic E-state index is 11.4. The van der Waals surface area contributed by atoms with Gasteiger partial charge in [-0.3, -0.25) is 4.90 Å². The second-order valence-corrected chi connectivity index (χ2v) is 6.07. The molecular weight excluding hydrogens is 318 g/mol. The van der Waals surface area contributed by atoms with Gasteiger partial charge in [-0.1, -0.05) is 35.5 Å². The summed E-state index contributed by atoms with van der Waals surface area (Å²) in [5.74, 6) is 1.01. The van der Waals surface area contributed by atoms with Gasteiger partial charge in [0.15, 0.2) is 0 Å². The number of benzene rings is 2. The zero-order valence-electron chi connectivity index (χ0n) is 13.9. The molecule has 0 aliphatic rings.